The molecule has 8 nitrogen and oxygen atoms in total. The summed E-state index contributed by atoms with van der Waals surface area (Å²) < 4.78 is 6.11. The number of ether oxygens (including phenoxy) is 1. The van der Waals surface area contributed by atoms with Crippen LogP contribution < -0.4 is 26.9 Å². The van der Waals surface area contributed by atoms with Crippen molar-refractivity contribution in [3.05, 3.63) is 36.9 Å². The lowest BCUT2D eigenvalue weighted by Crippen LogP contribution is -3.00. The first-order valence-corrected chi connectivity index (χ1v) is 6.15. The van der Waals surface area contributed by atoms with Crippen molar-refractivity contribution in [3.63, 3.8) is 0 Å². The van der Waals surface area contributed by atoms with Crippen molar-refractivity contribution in [2.75, 3.05) is 13.7 Å². The van der Waals surface area contributed by atoms with E-state index in [4.69, 9.17) is 0 Å². The van der Waals surface area contributed by atoms with Crippen molar-refractivity contribution >= 4 is 11.9 Å². The van der Waals surface area contributed by atoms with E-state index in [2.05, 4.69) is 25.2 Å². The van der Waals surface area contributed by atoms with Crippen LogP contribution in [0, 0.1) is 0 Å². The summed E-state index contributed by atoms with van der Waals surface area (Å²) in [5, 5.41) is 10.1. The molecule has 2 aromatic rings. The maximum atomic E-state index is 11.6. The minimum absolute atomic E-state index is 0. The van der Waals surface area contributed by atoms with Crippen LogP contribution >= 0.6 is 0 Å². The zero-order chi connectivity index (χ0) is 15.1. The maximum absolute atomic E-state index is 11.6. The van der Waals surface area contributed by atoms with Crippen LogP contribution in [0.5, 0.6) is 0 Å². The first-order valence-electron chi connectivity index (χ1n) is 6.15. The smallest absolute Gasteiger partial charge is 0.325 e. The van der Waals surface area contributed by atoms with Gasteiger partial charge in [-0.15, -0.1) is 5.10 Å². The number of halogens is 1. The number of carbonyl (C=O) groups excluding carboxylic acids is 2. The number of nitrogens with one attached hydrogen (secondary N) is 1. The number of hydrogen-bond donors (Lipinski definition) is 1. The number of amides is 1. The first-order chi connectivity index (χ1) is 10.2. The number of carbonyl (C=O) groups is 2. The van der Waals surface area contributed by atoms with Gasteiger partial charge in [0.15, 0.2) is 18.2 Å². The second-order valence-electron chi connectivity index (χ2n) is 4.08. The summed E-state index contributed by atoms with van der Waals surface area (Å²) in [6.45, 7) is -0.0390. The number of rotatable bonds is 5. The van der Waals surface area contributed by atoms with E-state index in [1.807, 2.05) is 0 Å². The molecule has 0 unspecified atom stereocenters. The highest BCUT2D eigenvalue weighted by Gasteiger charge is 2.11. The molecule has 1 N–H and O–H groups in total. The van der Waals surface area contributed by atoms with Crippen LogP contribution in [0.25, 0.3) is 11.4 Å². The van der Waals surface area contributed by atoms with E-state index in [0.29, 0.717) is 5.82 Å². The molecule has 0 aromatic carbocycles. The van der Waals surface area contributed by atoms with E-state index in [-0.39, 0.29) is 36.0 Å². The Kier molecular flexibility index (Phi) is 7.03. The molecule has 1 amide bonds. The van der Waals surface area contributed by atoms with Gasteiger partial charge in [0, 0.05) is 23.9 Å². The van der Waals surface area contributed by atoms with Gasteiger partial charge in [0.25, 0.3) is 5.91 Å². The van der Waals surface area contributed by atoms with Crippen molar-refractivity contribution in [1.82, 2.24) is 20.5 Å². The Hall–Kier alpha value is -2.42. The van der Waals surface area contributed by atoms with E-state index in [0.717, 1.165) is 5.56 Å². The third-order valence-electron chi connectivity index (χ3n) is 2.62. The van der Waals surface area contributed by atoms with Crippen molar-refractivity contribution < 1.29 is 35.9 Å². The molecule has 0 saturated carbocycles. The molecule has 9 heteroatoms. The third-order valence-corrected chi connectivity index (χ3v) is 2.62. The second-order valence-corrected chi connectivity index (χ2v) is 4.08. The van der Waals surface area contributed by atoms with Crippen LogP contribution in [0.15, 0.2) is 36.9 Å². The summed E-state index contributed by atoms with van der Waals surface area (Å²) in [6.07, 6.45) is 6.51. The van der Waals surface area contributed by atoms with Crippen molar-refractivity contribution in [1.29, 1.82) is 0 Å². The SMILES string of the molecule is COC(=O)CNC(=O)C[n+]1ccc(-c2nccnn2)cc1.[Br-]. The standard InChI is InChI=1S/C13H13N5O3.BrH/c1-21-12(20)8-15-11(19)9-18-6-2-10(3-7-18)13-14-4-5-16-17-13;/h2-7H,8-9H2,1H3;1H. The van der Waals surface area contributed by atoms with Crippen LogP contribution in [-0.4, -0.2) is 40.7 Å². The van der Waals surface area contributed by atoms with Gasteiger partial charge in [-0.25, -0.2) is 4.98 Å². The molecule has 2 rings (SSSR count). The Balaban J connectivity index is 0.00000242. The van der Waals surface area contributed by atoms with Gasteiger partial charge in [-0.05, 0) is 0 Å². The highest BCUT2D eigenvalue weighted by atomic mass is 79.9. The van der Waals surface area contributed by atoms with Gasteiger partial charge in [-0.2, -0.15) is 9.67 Å². The van der Waals surface area contributed by atoms with Gasteiger partial charge in [0.05, 0.1) is 13.3 Å². The predicted octanol–water partition coefficient (Wildman–Crippen LogP) is -3.88. The number of nitrogens with zero attached hydrogens (tertiary/aromatic N) is 4. The average molecular weight is 368 g/mol. The lowest BCUT2D eigenvalue weighted by molar-refractivity contribution is -0.684. The van der Waals surface area contributed by atoms with Crippen LogP contribution in [0.2, 0.25) is 0 Å². The molecule has 0 aliphatic heterocycles. The summed E-state index contributed by atoms with van der Waals surface area (Å²) in [4.78, 5) is 26.6. The molecule has 0 spiro atoms. The van der Waals surface area contributed by atoms with E-state index in [1.165, 1.54) is 13.3 Å². The Morgan fingerprint density at radius 1 is 1.27 bits per heavy atom. The number of pyridine rings is 1. The van der Waals surface area contributed by atoms with Crippen LogP contribution in [0.1, 0.15) is 0 Å². The van der Waals surface area contributed by atoms with E-state index in [9.17, 15) is 9.59 Å². The topological polar surface area (TPSA) is 98.0 Å². The Morgan fingerprint density at radius 3 is 2.59 bits per heavy atom. The highest BCUT2D eigenvalue weighted by Crippen LogP contribution is 2.09. The number of aromatic nitrogens is 4. The lowest BCUT2D eigenvalue weighted by atomic mass is 10.2. The number of hydrogen-bond acceptors (Lipinski definition) is 6. The minimum Gasteiger partial charge on any atom is -1.00 e. The fourth-order valence-electron chi connectivity index (χ4n) is 1.56. The molecule has 0 saturated heterocycles. The fourth-order valence-corrected chi connectivity index (χ4v) is 1.56. The van der Waals surface area contributed by atoms with Crippen LogP contribution in [0.3, 0.4) is 0 Å². The largest absolute Gasteiger partial charge is 1.00 e. The maximum Gasteiger partial charge on any atom is 0.325 e. The molecule has 0 fully saturated rings. The number of esters is 1. The Bertz CT molecular complexity index is 621. The van der Waals surface area contributed by atoms with Gasteiger partial charge in [-0.3, -0.25) is 9.59 Å². The van der Waals surface area contributed by atoms with E-state index >= 15 is 0 Å². The van der Waals surface area contributed by atoms with Crippen molar-refractivity contribution in [2.45, 2.75) is 6.54 Å². The lowest BCUT2D eigenvalue weighted by Gasteiger charge is -2.02. The van der Waals surface area contributed by atoms with E-state index in [1.54, 1.807) is 35.3 Å². The average Bonchev–Trinajstić information content (AvgIpc) is 2.54. The molecule has 2 heterocycles. The number of methoxy groups -OCH3 is 1. The summed E-state index contributed by atoms with van der Waals surface area (Å²) >= 11 is 0. The second kappa shape index (κ2) is 8.78. The summed E-state index contributed by atoms with van der Waals surface area (Å²) in [5.74, 6) is -0.256. The zero-order valence-electron chi connectivity index (χ0n) is 11.8. The predicted molar refractivity (Wildman–Crippen MR) is 70.5 cm³/mol. The molecular formula is C13H14BrN5O3. The van der Waals surface area contributed by atoms with Crippen molar-refractivity contribution in [3.8, 4) is 11.4 Å². The monoisotopic (exact) mass is 367 g/mol. The van der Waals surface area contributed by atoms with Crippen LogP contribution in [0.4, 0.5) is 0 Å². The molecular weight excluding hydrogens is 354 g/mol. The molecule has 0 radical (unpaired) electrons. The molecule has 116 valence electrons. The van der Waals surface area contributed by atoms with Gasteiger partial charge in [-0.1, -0.05) is 0 Å². The highest BCUT2D eigenvalue weighted by molar-refractivity contribution is 5.80. The quantitative estimate of drug-likeness (QED) is 0.428. The molecule has 22 heavy (non-hydrogen) atoms. The van der Waals surface area contributed by atoms with Gasteiger partial charge in [0.2, 0.25) is 6.54 Å². The zero-order valence-corrected chi connectivity index (χ0v) is 13.4. The normalized spacial score (nSPS) is 9.50. The first kappa shape index (κ1) is 17.6. The van der Waals surface area contributed by atoms with E-state index < -0.39 is 5.97 Å². The summed E-state index contributed by atoms with van der Waals surface area (Å²) in [6, 6.07) is 3.56. The van der Waals surface area contributed by atoms with Gasteiger partial charge >= 0.3 is 5.97 Å². The van der Waals surface area contributed by atoms with Crippen molar-refractivity contribution in [2.24, 2.45) is 0 Å². The molecule has 0 atom stereocenters. The molecule has 0 bridgehead atoms. The minimum atomic E-state index is -0.488. The summed E-state index contributed by atoms with van der Waals surface area (Å²) in [5.41, 5.74) is 0.800. The summed E-state index contributed by atoms with van der Waals surface area (Å²) in [7, 11) is 1.27. The Labute approximate surface area is 137 Å². The fraction of sp³-hybridized carbons (Fsp3) is 0.231. The molecule has 2 aromatic heterocycles. The van der Waals surface area contributed by atoms with Gasteiger partial charge in [0.1, 0.15) is 6.54 Å². The Morgan fingerprint density at radius 2 is 2.00 bits per heavy atom. The molecule has 0 aliphatic carbocycles. The van der Waals surface area contributed by atoms with Gasteiger partial charge < -0.3 is 27.0 Å². The third kappa shape index (κ3) is 5.17. The molecule has 0 aliphatic rings. The van der Waals surface area contributed by atoms with Crippen LogP contribution in [-0.2, 0) is 20.9 Å².